The average Bonchev–Trinajstić information content (AvgIpc) is 3.07. The second-order valence-electron chi connectivity index (χ2n) is 9.15. The van der Waals surface area contributed by atoms with Crippen LogP contribution in [0, 0.1) is 5.41 Å². The Morgan fingerprint density at radius 2 is 1.81 bits per heavy atom. The summed E-state index contributed by atoms with van der Waals surface area (Å²) in [6.07, 6.45) is 0. The first-order valence-corrected chi connectivity index (χ1v) is 12.0. The molecule has 192 valence electrons. The van der Waals surface area contributed by atoms with Crippen molar-refractivity contribution in [1.29, 1.82) is 0 Å². The van der Waals surface area contributed by atoms with Crippen LogP contribution in [0.5, 0.6) is 5.75 Å². The molecule has 2 atom stereocenters. The Hall–Kier alpha value is -3.77. The van der Waals surface area contributed by atoms with Gasteiger partial charge in [0.2, 0.25) is 0 Å². The first-order valence-electron chi connectivity index (χ1n) is 11.0. The van der Waals surface area contributed by atoms with Crippen molar-refractivity contribution >= 4 is 46.3 Å². The van der Waals surface area contributed by atoms with Crippen LogP contribution in [0.4, 0.5) is 16.2 Å². The summed E-state index contributed by atoms with van der Waals surface area (Å²) in [5, 5.41) is 2.55. The SMILES string of the molecule is COc1cc(NS(=O)[O-])ccc1NC(=O)C(C(=O)C(C)(C)C)N1C(=O)CN(Cc2ccccc2)C1=O. The minimum absolute atomic E-state index is 0.102. The number of nitrogens with one attached hydrogen (secondary N) is 2. The molecule has 1 aliphatic heterocycles. The van der Waals surface area contributed by atoms with E-state index in [4.69, 9.17) is 4.74 Å². The fraction of sp³-hybridized carbons (Fsp3) is 0.333. The van der Waals surface area contributed by atoms with Gasteiger partial charge in [-0.05, 0) is 17.7 Å². The van der Waals surface area contributed by atoms with E-state index in [1.807, 2.05) is 6.07 Å². The van der Waals surface area contributed by atoms with E-state index in [9.17, 15) is 27.9 Å². The molecule has 2 aromatic carbocycles. The number of rotatable bonds is 9. The lowest BCUT2D eigenvalue weighted by Gasteiger charge is -2.29. The molecule has 2 N–H and O–H groups in total. The molecule has 12 heteroatoms. The van der Waals surface area contributed by atoms with E-state index < -0.39 is 46.4 Å². The summed E-state index contributed by atoms with van der Waals surface area (Å²) in [6.45, 7) is 4.64. The molecule has 4 amide bonds. The van der Waals surface area contributed by atoms with Crippen molar-refractivity contribution in [3.63, 3.8) is 0 Å². The van der Waals surface area contributed by atoms with E-state index in [1.165, 1.54) is 30.2 Å². The topological polar surface area (TPSA) is 148 Å². The Morgan fingerprint density at radius 1 is 1.14 bits per heavy atom. The molecule has 0 aromatic heterocycles. The average molecular weight is 516 g/mol. The molecule has 3 rings (SSSR count). The zero-order valence-electron chi connectivity index (χ0n) is 20.3. The van der Waals surface area contributed by atoms with E-state index in [-0.39, 0.29) is 30.2 Å². The molecule has 0 radical (unpaired) electrons. The van der Waals surface area contributed by atoms with Gasteiger partial charge in [0.1, 0.15) is 12.3 Å². The number of nitrogens with zero attached hydrogens (tertiary/aromatic N) is 2. The van der Waals surface area contributed by atoms with Crippen LogP contribution < -0.4 is 14.8 Å². The second-order valence-corrected chi connectivity index (χ2v) is 9.82. The van der Waals surface area contributed by atoms with Crippen LogP contribution in [0.2, 0.25) is 0 Å². The number of hydrogen-bond donors (Lipinski definition) is 2. The minimum Gasteiger partial charge on any atom is -0.755 e. The molecule has 0 spiro atoms. The van der Waals surface area contributed by atoms with Crippen molar-refractivity contribution in [2.45, 2.75) is 33.4 Å². The van der Waals surface area contributed by atoms with Crippen molar-refractivity contribution in [2.75, 3.05) is 23.7 Å². The fourth-order valence-electron chi connectivity index (χ4n) is 3.67. The van der Waals surface area contributed by atoms with Crippen LogP contribution in [0.3, 0.4) is 0 Å². The summed E-state index contributed by atoms with van der Waals surface area (Å²) in [6, 6.07) is 10.7. The van der Waals surface area contributed by atoms with Crippen LogP contribution in [0.1, 0.15) is 26.3 Å². The van der Waals surface area contributed by atoms with E-state index in [2.05, 4.69) is 10.0 Å². The van der Waals surface area contributed by atoms with Gasteiger partial charge in [-0.15, -0.1) is 0 Å². The molecule has 1 heterocycles. The summed E-state index contributed by atoms with van der Waals surface area (Å²) in [4.78, 5) is 54.9. The largest absolute Gasteiger partial charge is 0.755 e. The molecule has 1 saturated heterocycles. The summed E-state index contributed by atoms with van der Waals surface area (Å²) < 4.78 is 29.2. The Bertz CT molecular complexity index is 1200. The third-order valence-electron chi connectivity index (χ3n) is 5.44. The number of anilines is 2. The highest BCUT2D eigenvalue weighted by molar-refractivity contribution is 7.80. The number of Topliss-reactive ketones (excluding diaryl/α,β-unsaturated/α-hetero) is 1. The number of ketones is 1. The second kappa shape index (κ2) is 10.9. The molecular formula is C24H27N4O7S-. The van der Waals surface area contributed by atoms with Crippen LogP contribution in [0.15, 0.2) is 48.5 Å². The van der Waals surface area contributed by atoms with Crippen LogP contribution in [-0.4, -0.2) is 61.9 Å². The maximum atomic E-state index is 13.4. The lowest BCUT2D eigenvalue weighted by atomic mass is 9.85. The van der Waals surface area contributed by atoms with E-state index in [1.54, 1.807) is 45.0 Å². The third-order valence-corrected chi connectivity index (χ3v) is 5.84. The highest BCUT2D eigenvalue weighted by atomic mass is 32.2. The standard InChI is InChI=1S/C24H28N4O7S/c1-24(2,3)21(30)20(22(31)25-17-11-10-16(26-36(33)34)12-18(17)35-4)28-19(29)14-27(23(28)32)13-15-8-6-5-7-9-15/h5-12,20,26H,13-14H2,1-4H3,(H,25,31)(H,33,34)/p-1. The van der Waals surface area contributed by atoms with E-state index in [0.29, 0.717) is 4.90 Å². The predicted molar refractivity (Wildman–Crippen MR) is 132 cm³/mol. The fourth-order valence-corrected chi connectivity index (χ4v) is 3.99. The number of methoxy groups -OCH3 is 1. The first kappa shape index (κ1) is 26.8. The zero-order valence-corrected chi connectivity index (χ0v) is 21.1. The van der Waals surface area contributed by atoms with Crippen molar-refractivity contribution in [1.82, 2.24) is 9.80 Å². The number of imide groups is 1. The third kappa shape index (κ3) is 6.07. The Kier molecular flexibility index (Phi) is 8.10. The number of amides is 4. The summed E-state index contributed by atoms with van der Waals surface area (Å²) in [5.41, 5.74) is 0.0468. The molecule has 2 unspecified atom stereocenters. The summed E-state index contributed by atoms with van der Waals surface area (Å²) in [5.74, 6) is -2.09. The molecule has 36 heavy (non-hydrogen) atoms. The van der Waals surface area contributed by atoms with E-state index >= 15 is 0 Å². The smallest absolute Gasteiger partial charge is 0.328 e. The van der Waals surface area contributed by atoms with Crippen LogP contribution in [-0.2, 0) is 32.2 Å². The number of benzene rings is 2. The lowest BCUT2D eigenvalue weighted by molar-refractivity contribution is -0.143. The zero-order chi connectivity index (χ0) is 26.6. The van der Waals surface area contributed by atoms with Crippen molar-refractivity contribution in [3.8, 4) is 5.75 Å². The van der Waals surface area contributed by atoms with Gasteiger partial charge >= 0.3 is 6.03 Å². The molecular weight excluding hydrogens is 488 g/mol. The van der Waals surface area contributed by atoms with Gasteiger partial charge in [0.05, 0.1) is 12.8 Å². The molecule has 0 saturated carbocycles. The number of hydrogen-bond acceptors (Lipinski definition) is 7. The monoisotopic (exact) mass is 515 g/mol. The van der Waals surface area contributed by atoms with Gasteiger partial charge < -0.3 is 24.2 Å². The highest BCUT2D eigenvalue weighted by Gasteiger charge is 2.49. The van der Waals surface area contributed by atoms with E-state index in [0.717, 1.165) is 5.56 Å². The van der Waals surface area contributed by atoms with Crippen molar-refractivity contribution in [3.05, 3.63) is 54.1 Å². The number of urea groups is 1. The molecule has 11 nitrogen and oxygen atoms in total. The number of carbonyl (C=O) groups excluding carboxylic acids is 4. The summed E-state index contributed by atoms with van der Waals surface area (Å²) in [7, 11) is 1.32. The Morgan fingerprint density at radius 3 is 2.39 bits per heavy atom. The molecule has 1 aliphatic rings. The molecule has 2 aromatic rings. The molecule has 0 aliphatic carbocycles. The van der Waals surface area contributed by atoms with Crippen LogP contribution >= 0.6 is 0 Å². The van der Waals surface area contributed by atoms with Gasteiger partial charge in [-0.2, -0.15) is 0 Å². The Balaban J connectivity index is 1.91. The maximum absolute atomic E-state index is 13.4. The maximum Gasteiger partial charge on any atom is 0.328 e. The Labute approximate surface area is 211 Å². The van der Waals surface area contributed by atoms with Gasteiger partial charge in [0.25, 0.3) is 11.8 Å². The predicted octanol–water partition coefficient (Wildman–Crippen LogP) is 2.29. The minimum atomic E-state index is -2.57. The van der Waals surface area contributed by atoms with Gasteiger partial charge in [-0.1, -0.05) is 51.1 Å². The number of ether oxygens (including phenoxy) is 1. The number of carbonyl (C=O) groups is 4. The van der Waals surface area contributed by atoms with Gasteiger partial charge in [-0.3, -0.25) is 18.6 Å². The molecule has 0 bridgehead atoms. The highest BCUT2D eigenvalue weighted by Crippen LogP contribution is 2.30. The van der Waals surface area contributed by atoms with Crippen molar-refractivity contribution < 1.29 is 32.7 Å². The normalized spacial score (nSPS) is 15.5. The summed E-state index contributed by atoms with van der Waals surface area (Å²) >= 11 is -2.57. The quantitative estimate of drug-likeness (QED) is 0.296. The lowest BCUT2D eigenvalue weighted by Crippen LogP contribution is -2.55. The van der Waals surface area contributed by atoms with Gasteiger partial charge in [0.15, 0.2) is 11.8 Å². The molecule has 1 fully saturated rings. The first-order chi connectivity index (χ1) is 16.9. The van der Waals surface area contributed by atoms with Crippen LogP contribution in [0.25, 0.3) is 0 Å². The van der Waals surface area contributed by atoms with Gasteiger partial charge in [-0.25, -0.2) is 9.69 Å². The van der Waals surface area contributed by atoms with Gasteiger partial charge in [0, 0.05) is 35.0 Å². The van der Waals surface area contributed by atoms with Crippen molar-refractivity contribution in [2.24, 2.45) is 5.41 Å².